The van der Waals surface area contributed by atoms with Crippen molar-refractivity contribution < 1.29 is 33.2 Å². The number of carbonyl (C=O) groups excluding carboxylic acids is 1. The number of fused-ring (bicyclic) bond motifs is 3. The number of rotatable bonds is 4. The van der Waals surface area contributed by atoms with E-state index in [4.69, 9.17) is 28.4 Å². The van der Waals surface area contributed by atoms with Gasteiger partial charge in [-0.15, -0.1) is 0 Å². The molecule has 3 aromatic carbocycles. The third-order valence-electron chi connectivity index (χ3n) is 5.28. The molecule has 2 aliphatic rings. The molecule has 0 N–H and O–H groups in total. The molecule has 0 amide bonds. The molecule has 0 aromatic heterocycles. The first-order valence-electron chi connectivity index (χ1n) is 9.02. The van der Waals surface area contributed by atoms with Gasteiger partial charge in [-0.3, -0.25) is 0 Å². The first-order chi connectivity index (χ1) is 14.2. The molecule has 0 fully saturated rings. The van der Waals surface area contributed by atoms with Crippen molar-refractivity contribution in [1.82, 2.24) is 0 Å². The molecule has 2 heterocycles. The van der Waals surface area contributed by atoms with Gasteiger partial charge in [0.2, 0.25) is 6.79 Å². The van der Waals surface area contributed by atoms with Gasteiger partial charge < -0.3 is 28.4 Å². The third-order valence-corrected chi connectivity index (χ3v) is 5.28. The van der Waals surface area contributed by atoms with E-state index in [0.717, 1.165) is 21.9 Å². The first kappa shape index (κ1) is 17.5. The van der Waals surface area contributed by atoms with Gasteiger partial charge >= 0.3 is 5.97 Å². The Bertz CT molecular complexity index is 1170. The molecule has 0 atom stereocenters. The van der Waals surface area contributed by atoms with Gasteiger partial charge in [0.05, 0.1) is 26.9 Å². The summed E-state index contributed by atoms with van der Waals surface area (Å²) in [7, 11) is 4.73. The highest BCUT2D eigenvalue weighted by atomic mass is 16.7. The van der Waals surface area contributed by atoms with Gasteiger partial charge in [0.1, 0.15) is 12.4 Å². The fourth-order valence-corrected chi connectivity index (χ4v) is 3.99. The summed E-state index contributed by atoms with van der Waals surface area (Å²) in [6, 6.07) is 9.31. The van der Waals surface area contributed by atoms with E-state index in [9.17, 15) is 4.79 Å². The molecule has 29 heavy (non-hydrogen) atoms. The Hall–Kier alpha value is -3.61. The fraction of sp³-hybridized carbons (Fsp3) is 0.227. The molecule has 5 rings (SSSR count). The average Bonchev–Trinajstić information content (AvgIpc) is 3.37. The number of hydrogen-bond acceptors (Lipinski definition) is 7. The predicted octanol–water partition coefficient (Wildman–Crippen LogP) is 3.93. The zero-order valence-electron chi connectivity index (χ0n) is 16.2. The molecule has 0 spiro atoms. The molecule has 148 valence electrons. The lowest BCUT2D eigenvalue weighted by Gasteiger charge is -2.18. The lowest BCUT2D eigenvalue weighted by molar-refractivity contribution is 0.0535. The second kappa shape index (κ2) is 6.48. The average molecular weight is 394 g/mol. The van der Waals surface area contributed by atoms with Crippen LogP contribution in [0.2, 0.25) is 0 Å². The van der Waals surface area contributed by atoms with Crippen molar-refractivity contribution in [3.05, 3.63) is 41.5 Å². The van der Waals surface area contributed by atoms with Crippen molar-refractivity contribution in [2.45, 2.75) is 6.61 Å². The zero-order chi connectivity index (χ0) is 20.1. The van der Waals surface area contributed by atoms with Crippen molar-refractivity contribution in [2.24, 2.45) is 0 Å². The van der Waals surface area contributed by atoms with Crippen molar-refractivity contribution >= 4 is 16.7 Å². The Morgan fingerprint density at radius 3 is 2.24 bits per heavy atom. The van der Waals surface area contributed by atoms with E-state index in [1.807, 2.05) is 30.3 Å². The highest BCUT2D eigenvalue weighted by Gasteiger charge is 2.33. The second-order valence-electron chi connectivity index (χ2n) is 6.66. The maximum Gasteiger partial charge on any atom is 0.339 e. The largest absolute Gasteiger partial charge is 0.496 e. The number of benzene rings is 3. The van der Waals surface area contributed by atoms with Crippen LogP contribution in [-0.4, -0.2) is 34.1 Å². The minimum absolute atomic E-state index is 0.152. The molecule has 0 unspecified atom stereocenters. The highest BCUT2D eigenvalue weighted by Crippen LogP contribution is 2.49. The van der Waals surface area contributed by atoms with Crippen LogP contribution in [-0.2, 0) is 11.3 Å². The van der Waals surface area contributed by atoms with Crippen LogP contribution in [0.15, 0.2) is 30.3 Å². The Labute approximate surface area is 166 Å². The number of ether oxygens (including phenoxy) is 6. The molecule has 3 aromatic rings. The predicted molar refractivity (Wildman–Crippen MR) is 104 cm³/mol. The number of hydrogen-bond donors (Lipinski definition) is 0. The van der Waals surface area contributed by atoms with Crippen LogP contribution in [0, 0.1) is 0 Å². The summed E-state index contributed by atoms with van der Waals surface area (Å²) in [5, 5.41) is 1.59. The third kappa shape index (κ3) is 2.47. The van der Waals surface area contributed by atoms with Gasteiger partial charge in [-0.2, -0.15) is 0 Å². The maximum absolute atomic E-state index is 12.7. The summed E-state index contributed by atoms with van der Waals surface area (Å²) in [6.07, 6.45) is 0. The number of carbonyl (C=O) groups is 1. The van der Waals surface area contributed by atoms with Crippen LogP contribution in [0.3, 0.4) is 0 Å². The smallest absolute Gasteiger partial charge is 0.339 e. The van der Waals surface area contributed by atoms with E-state index >= 15 is 0 Å². The van der Waals surface area contributed by atoms with Gasteiger partial charge in [0, 0.05) is 16.5 Å². The molecule has 0 radical (unpaired) electrons. The number of methoxy groups -OCH3 is 3. The van der Waals surface area contributed by atoms with Crippen LogP contribution < -0.4 is 23.7 Å². The van der Waals surface area contributed by atoms with E-state index in [-0.39, 0.29) is 19.4 Å². The first-order valence-corrected chi connectivity index (χ1v) is 9.02. The quantitative estimate of drug-likeness (QED) is 0.621. The van der Waals surface area contributed by atoms with E-state index in [0.29, 0.717) is 39.9 Å². The number of esters is 1. The van der Waals surface area contributed by atoms with Gasteiger partial charge in [0.25, 0.3) is 0 Å². The van der Waals surface area contributed by atoms with E-state index in [1.54, 1.807) is 21.3 Å². The summed E-state index contributed by atoms with van der Waals surface area (Å²) >= 11 is 0. The fourth-order valence-electron chi connectivity index (χ4n) is 3.99. The summed E-state index contributed by atoms with van der Waals surface area (Å²) < 4.78 is 33.0. The molecular weight excluding hydrogens is 376 g/mol. The minimum atomic E-state index is -0.386. The molecule has 0 saturated carbocycles. The monoisotopic (exact) mass is 394 g/mol. The molecule has 2 aliphatic heterocycles. The summed E-state index contributed by atoms with van der Waals surface area (Å²) in [5.74, 6) is 2.63. The van der Waals surface area contributed by atoms with Crippen LogP contribution in [0.5, 0.6) is 28.7 Å². The lowest BCUT2D eigenvalue weighted by atomic mass is 9.89. The van der Waals surface area contributed by atoms with Crippen LogP contribution in [0.1, 0.15) is 15.9 Å². The van der Waals surface area contributed by atoms with Crippen molar-refractivity contribution in [3.8, 4) is 39.9 Å². The van der Waals surface area contributed by atoms with Crippen LogP contribution in [0.25, 0.3) is 21.9 Å². The summed E-state index contributed by atoms with van der Waals surface area (Å²) in [4.78, 5) is 12.7. The van der Waals surface area contributed by atoms with Crippen molar-refractivity contribution in [1.29, 1.82) is 0 Å². The zero-order valence-corrected chi connectivity index (χ0v) is 16.2. The number of cyclic esters (lactones) is 1. The van der Waals surface area contributed by atoms with Crippen LogP contribution >= 0.6 is 0 Å². The molecule has 7 nitrogen and oxygen atoms in total. The van der Waals surface area contributed by atoms with Gasteiger partial charge in [0.15, 0.2) is 23.0 Å². The van der Waals surface area contributed by atoms with Gasteiger partial charge in [-0.05, 0) is 35.2 Å². The lowest BCUT2D eigenvalue weighted by Crippen LogP contribution is -2.02. The Morgan fingerprint density at radius 2 is 1.52 bits per heavy atom. The SMILES string of the molecule is COc1cc2c(OC)c3c(c(-c4ccc5c(c4)OCO5)c2cc1OC)C(=O)OC3. The molecule has 0 saturated heterocycles. The Balaban J connectivity index is 1.91. The highest BCUT2D eigenvalue weighted by molar-refractivity contribution is 6.14. The Kier molecular flexibility index (Phi) is 3.91. The van der Waals surface area contributed by atoms with E-state index in [1.165, 1.54) is 0 Å². The van der Waals surface area contributed by atoms with Crippen molar-refractivity contribution in [2.75, 3.05) is 28.1 Å². The van der Waals surface area contributed by atoms with Gasteiger partial charge in [-0.1, -0.05) is 6.07 Å². The maximum atomic E-state index is 12.7. The van der Waals surface area contributed by atoms with Crippen LogP contribution in [0.4, 0.5) is 0 Å². The van der Waals surface area contributed by atoms with E-state index < -0.39 is 0 Å². The molecule has 0 bridgehead atoms. The second-order valence-corrected chi connectivity index (χ2v) is 6.66. The van der Waals surface area contributed by atoms with E-state index in [2.05, 4.69) is 0 Å². The standard InChI is InChI=1S/C22H18O7/c1-24-16-7-12-13(8-17(16)25-2)21(26-3)14-9-27-22(23)20(14)19(12)11-4-5-15-18(6-11)29-10-28-15/h4-8H,9-10H2,1-3H3. The molecule has 0 aliphatic carbocycles. The summed E-state index contributed by atoms with van der Waals surface area (Å²) in [6.45, 7) is 0.326. The normalized spacial score (nSPS) is 14.0. The molecule has 7 heteroatoms. The summed E-state index contributed by atoms with van der Waals surface area (Å²) in [5.41, 5.74) is 2.74. The molecular formula is C22H18O7. The topological polar surface area (TPSA) is 72.5 Å². The Morgan fingerprint density at radius 1 is 0.793 bits per heavy atom. The van der Waals surface area contributed by atoms with Crippen molar-refractivity contribution in [3.63, 3.8) is 0 Å². The van der Waals surface area contributed by atoms with Gasteiger partial charge in [-0.25, -0.2) is 4.79 Å². The minimum Gasteiger partial charge on any atom is -0.496 e.